The summed E-state index contributed by atoms with van der Waals surface area (Å²) in [5, 5.41) is 2.85. The molecule has 4 heterocycles. The zero-order valence-electron chi connectivity index (χ0n) is 20.5. The number of piperidine rings is 2. The van der Waals surface area contributed by atoms with Gasteiger partial charge in [-0.1, -0.05) is 6.07 Å². The molecule has 2 saturated heterocycles. The molecule has 0 saturated carbocycles. The van der Waals surface area contributed by atoms with E-state index in [1.807, 2.05) is 35.5 Å². The Morgan fingerprint density at radius 2 is 1.82 bits per heavy atom. The zero-order chi connectivity index (χ0) is 24.0. The van der Waals surface area contributed by atoms with Gasteiger partial charge < -0.3 is 15.1 Å². The van der Waals surface area contributed by atoms with Gasteiger partial charge in [-0.25, -0.2) is 0 Å². The van der Waals surface area contributed by atoms with Crippen LogP contribution in [0.4, 0.5) is 0 Å². The summed E-state index contributed by atoms with van der Waals surface area (Å²) in [4.78, 5) is 40.3. The Hall–Kier alpha value is -2.80. The van der Waals surface area contributed by atoms with Crippen LogP contribution in [0.2, 0.25) is 0 Å². The Labute approximate surface area is 203 Å². The number of carbonyl (C=O) groups is 2. The van der Waals surface area contributed by atoms with Crippen LogP contribution in [0.25, 0.3) is 0 Å². The Bertz CT molecular complexity index is 970. The molecule has 0 aromatic carbocycles. The lowest BCUT2D eigenvalue weighted by molar-refractivity contribution is -0.150. The van der Waals surface area contributed by atoms with E-state index >= 15 is 0 Å². The number of rotatable bonds is 7. The smallest absolute Gasteiger partial charge is 0.233 e. The van der Waals surface area contributed by atoms with Crippen molar-refractivity contribution in [3.8, 4) is 0 Å². The first-order chi connectivity index (χ1) is 16.5. The molecule has 2 aromatic rings. The first-order valence-corrected chi connectivity index (χ1v) is 12.5. The summed E-state index contributed by atoms with van der Waals surface area (Å²) in [5.41, 5.74) is 0.798. The monoisotopic (exact) mass is 463 g/mol. The Morgan fingerprint density at radius 3 is 2.53 bits per heavy atom. The lowest BCUT2D eigenvalue weighted by Crippen LogP contribution is -2.60. The average Bonchev–Trinajstić information content (AvgIpc) is 2.89. The number of hydrogen-bond donors (Lipinski definition) is 1. The molecule has 2 amide bonds. The molecule has 0 bridgehead atoms. The summed E-state index contributed by atoms with van der Waals surface area (Å²) in [6, 6.07) is 9.81. The van der Waals surface area contributed by atoms with E-state index in [0.29, 0.717) is 19.5 Å². The molecular formula is C27H37N5O2. The van der Waals surface area contributed by atoms with Gasteiger partial charge in [-0.05, 0) is 88.4 Å². The number of pyridine rings is 2. The third kappa shape index (κ3) is 4.99. The molecule has 0 spiro atoms. The molecule has 2 aromatic heterocycles. The van der Waals surface area contributed by atoms with E-state index in [1.165, 1.54) is 5.56 Å². The van der Waals surface area contributed by atoms with E-state index in [2.05, 4.69) is 39.4 Å². The van der Waals surface area contributed by atoms with Gasteiger partial charge >= 0.3 is 0 Å². The van der Waals surface area contributed by atoms with Crippen LogP contribution in [0.5, 0.6) is 0 Å². The summed E-state index contributed by atoms with van der Waals surface area (Å²) in [7, 11) is 3.79. The lowest BCUT2D eigenvalue weighted by atomic mass is 9.71. The van der Waals surface area contributed by atoms with Crippen LogP contribution < -0.4 is 5.32 Å². The minimum Gasteiger partial charge on any atom is -0.358 e. The van der Waals surface area contributed by atoms with Gasteiger partial charge in [0.1, 0.15) is 5.41 Å². The van der Waals surface area contributed by atoms with Crippen molar-refractivity contribution >= 4 is 11.8 Å². The molecule has 34 heavy (non-hydrogen) atoms. The molecule has 4 rings (SSSR count). The predicted molar refractivity (Wildman–Crippen MR) is 132 cm³/mol. The second kappa shape index (κ2) is 10.6. The van der Waals surface area contributed by atoms with Crippen molar-refractivity contribution in [1.82, 2.24) is 25.1 Å². The van der Waals surface area contributed by atoms with Gasteiger partial charge in [-0.3, -0.25) is 19.6 Å². The van der Waals surface area contributed by atoms with Crippen molar-refractivity contribution in [1.29, 1.82) is 0 Å². The van der Waals surface area contributed by atoms with Gasteiger partial charge in [0.15, 0.2) is 0 Å². The molecule has 7 nitrogen and oxygen atoms in total. The zero-order valence-corrected chi connectivity index (χ0v) is 20.5. The lowest BCUT2D eigenvalue weighted by Gasteiger charge is -2.47. The molecule has 182 valence electrons. The Balaban J connectivity index is 1.57. The van der Waals surface area contributed by atoms with Crippen molar-refractivity contribution in [2.75, 3.05) is 40.3 Å². The fraction of sp³-hybridized carbons (Fsp3) is 0.556. The van der Waals surface area contributed by atoms with E-state index in [0.717, 1.165) is 57.3 Å². The molecule has 7 heteroatoms. The molecule has 1 N–H and O–H groups in total. The van der Waals surface area contributed by atoms with Crippen LogP contribution in [-0.4, -0.2) is 71.9 Å². The van der Waals surface area contributed by atoms with Crippen LogP contribution in [-0.2, 0) is 21.4 Å². The largest absolute Gasteiger partial charge is 0.358 e. The van der Waals surface area contributed by atoms with Crippen molar-refractivity contribution < 1.29 is 9.59 Å². The van der Waals surface area contributed by atoms with Gasteiger partial charge in [-0.2, -0.15) is 0 Å². The second-order valence-corrected chi connectivity index (χ2v) is 10.0. The van der Waals surface area contributed by atoms with Crippen LogP contribution in [0.3, 0.4) is 0 Å². The molecule has 2 aliphatic heterocycles. The van der Waals surface area contributed by atoms with Crippen molar-refractivity contribution in [2.24, 2.45) is 5.41 Å². The maximum absolute atomic E-state index is 14.2. The van der Waals surface area contributed by atoms with E-state index in [-0.39, 0.29) is 11.8 Å². The van der Waals surface area contributed by atoms with Crippen LogP contribution in [0.15, 0.2) is 48.9 Å². The molecule has 0 unspecified atom stereocenters. The Kier molecular flexibility index (Phi) is 7.61. The highest BCUT2D eigenvalue weighted by molar-refractivity contribution is 5.90. The van der Waals surface area contributed by atoms with Crippen molar-refractivity contribution in [3.63, 3.8) is 0 Å². The average molecular weight is 464 g/mol. The molecule has 0 radical (unpaired) electrons. The maximum atomic E-state index is 14.2. The highest BCUT2D eigenvalue weighted by atomic mass is 16.2. The number of amides is 2. The summed E-state index contributed by atoms with van der Waals surface area (Å²) in [6.07, 6.45) is 11.5. The number of carbonyl (C=O) groups excluding carboxylic acids is 2. The third-order valence-corrected chi connectivity index (χ3v) is 7.69. The maximum Gasteiger partial charge on any atom is 0.233 e. The normalized spacial score (nSPS) is 25.6. The minimum absolute atomic E-state index is 0.0591. The topological polar surface area (TPSA) is 78.4 Å². The van der Waals surface area contributed by atoms with E-state index in [4.69, 9.17) is 0 Å². The van der Waals surface area contributed by atoms with E-state index < -0.39 is 10.8 Å². The summed E-state index contributed by atoms with van der Waals surface area (Å²) in [5.74, 6) is 0.147. The van der Waals surface area contributed by atoms with Gasteiger partial charge in [-0.15, -0.1) is 0 Å². The first-order valence-electron chi connectivity index (χ1n) is 12.5. The van der Waals surface area contributed by atoms with Crippen LogP contribution in [0, 0.1) is 5.41 Å². The SMILES string of the molecule is CNC(=O)[C@@]1(c2ccccn2)CCCN(C(=O)[C@]2(CCCc3ccncc3)CCCN(C)C2)C1. The van der Waals surface area contributed by atoms with E-state index in [9.17, 15) is 9.59 Å². The highest BCUT2D eigenvalue weighted by Crippen LogP contribution is 2.40. The number of likely N-dealkylation sites (tertiary alicyclic amines) is 2. The Morgan fingerprint density at radius 1 is 1.03 bits per heavy atom. The third-order valence-electron chi connectivity index (χ3n) is 7.69. The molecular weight excluding hydrogens is 426 g/mol. The van der Waals surface area contributed by atoms with Crippen LogP contribution in [0.1, 0.15) is 49.8 Å². The molecule has 2 aliphatic rings. The molecule has 2 atom stereocenters. The van der Waals surface area contributed by atoms with Gasteiger partial charge in [0.05, 0.1) is 11.1 Å². The quantitative estimate of drug-likeness (QED) is 0.683. The number of likely N-dealkylation sites (N-methyl/N-ethyl adjacent to an activating group) is 1. The van der Waals surface area contributed by atoms with Crippen molar-refractivity contribution in [2.45, 2.75) is 50.4 Å². The number of nitrogens with zero attached hydrogens (tertiary/aromatic N) is 4. The minimum atomic E-state index is -0.803. The first kappa shape index (κ1) is 24.3. The van der Waals surface area contributed by atoms with Gasteiger partial charge in [0.25, 0.3) is 0 Å². The number of aryl methyl sites for hydroxylation is 1. The highest BCUT2D eigenvalue weighted by Gasteiger charge is 2.50. The standard InChI is InChI=1S/C27H37N5O2/c1-28-24(33)27(23-9-3-4-15-30-23)14-7-19-32(21-27)25(34)26(13-6-18-31(2)20-26)12-5-8-22-10-16-29-17-11-22/h3-4,9-11,15-17H,5-8,12-14,18-21H2,1-2H3,(H,28,33)/t26-,27+/m1/s1. The van der Waals surface area contributed by atoms with Crippen LogP contribution >= 0.6 is 0 Å². The molecule has 2 fully saturated rings. The summed E-state index contributed by atoms with van der Waals surface area (Å²) >= 11 is 0. The number of nitrogens with one attached hydrogen (secondary N) is 1. The van der Waals surface area contributed by atoms with Gasteiger partial charge in [0, 0.05) is 45.3 Å². The van der Waals surface area contributed by atoms with E-state index in [1.54, 1.807) is 13.2 Å². The van der Waals surface area contributed by atoms with Crippen molar-refractivity contribution in [3.05, 3.63) is 60.2 Å². The molecule has 0 aliphatic carbocycles. The predicted octanol–water partition coefficient (Wildman–Crippen LogP) is 2.82. The second-order valence-electron chi connectivity index (χ2n) is 10.0. The number of aromatic nitrogens is 2. The summed E-state index contributed by atoms with van der Waals surface area (Å²) in [6.45, 7) is 2.88. The van der Waals surface area contributed by atoms with Gasteiger partial charge in [0.2, 0.25) is 11.8 Å². The fourth-order valence-corrected chi connectivity index (χ4v) is 5.99. The fourth-order valence-electron chi connectivity index (χ4n) is 5.99. The summed E-state index contributed by atoms with van der Waals surface area (Å²) < 4.78 is 0. The number of hydrogen-bond acceptors (Lipinski definition) is 5.